The number of hydrogen-bond acceptors (Lipinski definition) is 2. The highest BCUT2D eigenvalue weighted by atomic mass is 16.5. The molecule has 0 aromatic heterocycles. The van der Waals surface area contributed by atoms with Crippen molar-refractivity contribution >= 4 is 5.97 Å². The molecular weight excluding hydrogens is 200 g/mol. The number of esters is 1. The summed E-state index contributed by atoms with van der Waals surface area (Å²) in [6, 6.07) is 0. The van der Waals surface area contributed by atoms with Crippen LogP contribution in [-0.4, -0.2) is 12.6 Å². The van der Waals surface area contributed by atoms with Crippen LogP contribution in [0.1, 0.15) is 46.0 Å². The van der Waals surface area contributed by atoms with Crippen LogP contribution in [0.3, 0.4) is 0 Å². The number of rotatable bonds is 2. The normalized spacial score (nSPS) is 31.9. The van der Waals surface area contributed by atoms with Crippen molar-refractivity contribution in [1.82, 2.24) is 0 Å². The van der Waals surface area contributed by atoms with Gasteiger partial charge in [0.25, 0.3) is 0 Å². The maximum absolute atomic E-state index is 12.1. The molecule has 0 bridgehead atoms. The largest absolute Gasteiger partial charge is 0.466 e. The molecule has 2 nitrogen and oxygen atoms in total. The average molecular weight is 222 g/mol. The lowest BCUT2D eigenvalue weighted by Crippen LogP contribution is -2.40. The van der Waals surface area contributed by atoms with Gasteiger partial charge in [0, 0.05) is 0 Å². The molecule has 0 aliphatic heterocycles. The maximum Gasteiger partial charge on any atom is 0.310 e. The zero-order valence-corrected chi connectivity index (χ0v) is 10.4. The molecule has 0 unspecified atom stereocenters. The maximum atomic E-state index is 12.1. The second-order valence-corrected chi connectivity index (χ2v) is 5.29. The monoisotopic (exact) mass is 222 g/mol. The Bertz CT molecular complexity index is 287. The Kier molecular flexibility index (Phi) is 3.36. The second kappa shape index (κ2) is 4.60. The first-order chi connectivity index (χ1) is 7.69. The molecule has 16 heavy (non-hydrogen) atoms. The van der Waals surface area contributed by atoms with Crippen LogP contribution in [-0.2, 0) is 9.53 Å². The van der Waals surface area contributed by atoms with Crippen molar-refractivity contribution in [3.05, 3.63) is 12.2 Å². The summed E-state index contributed by atoms with van der Waals surface area (Å²) in [6.45, 7) is 4.54. The van der Waals surface area contributed by atoms with Gasteiger partial charge < -0.3 is 4.74 Å². The minimum atomic E-state index is 0.0289. The molecule has 2 atom stereocenters. The summed E-state index contributed by atoms with van der Waals surface area (Å²) in [5.41, 5.74) is 0.223. The Morgan fingerprint density at radius 1 is 1.44 bits per heavy atom. The van der Waals surface area contributed by atoms with Gasteiger partial charge in [-0.3, -0.25) is 4.79 Å². The highest BCUT2D eigenvalue weighted by Crippen LogP contribution is 2.52. The van der Waals surface area contributed by atoms with Crippen molar-refractivity contribution in [2.75, 3.05) is 6.61 Å². The van der Waals surface area contributed by atoms with Gasteiger partial charge in [0.05, 0.1) is 12.5 Å². The van der Waals surface area contributed by atoms with Crippen LogP contribution in [0.15, 0.2) is 12.2 Å². The first kappa shape index (κ1) is 11.7. The first-order valence-electron chi connectivity index (χ1n) is 6.53. The number of hydrogen-bond donors (Lipinski definition) is 0. The van der Waals surface area contributed by atoms with Crippen molar-refractivity contribution in [2.24, 2.45) is 17.3 Å². The van der Waals surface area contributed by atoms with E-state index in [0.717, 1.165) is 6.42 Å². The summed E-state index contributed by atoms with van der Waals surface area (Å²) >= 11 is 0. The molecule has 2 rings (SSSR count). The topological polar surface area (TPSA) is 26.3 Å². The van der Waals surface area contributed by atoms with Gasteiger partial charge in [0.1, 0.15) is 0 Å². The van der Waals surface area contributed by atoms with E-state index in [4.69, 9.17) is 4.74 Å². The Morgan fingerprint density at radius 2 is 2.12 bits per heavy atom. The molecular formula is C14H22O2. The van der Waals surface area contributed by atoms with Crippen LogP contribution in [0.2, 0.25) is 0 Å². The molecule has 0 aromatic carbocycles. The molecule has 0 aromatic rings. The van der Waals surface area contributed by atoms with E-state index in [1.54, 1.807) is 0 Å². The molecule has 90 valence electrons. The van der Waals surface area contributed by atoms with E-state index in [1.807, 2.05) is 6.92 Å². The zero-order valence-electron chi connectivity index (χ0n) is 10.4. The van der Waals surface area contributed by atoms with Crippen molar-refractivity contribution in [3.8, 4) is 0 Å². The Labute approximate surface area is 98.1 Å². The van der Waals surface area contributed by atoms with Gasteiger partial charge in [0.2, 0.25) is 0 Å². The molecule has 0 heterocycles. The predicted octanol–water partition coefficient (Wildman–Crippen LogP) is 3.32. The van der Waals surface area contributed by atoms with Gasteiger partial charge in [-0.2, -0.15) is 0 Å². The number of allylic oxidation sites excluding steroid dienone is 2. The third kappa shape index (κ3) is 1.90. The van der Waals surface area contributed by atoms with Crippen LogP contribution in [0.5, 0.6) is 0 Å². The van der Waals surface area contributed by atoms with Crippen molar-refractivity contribution in [1.29, 1.82) is 0 Å². The van der Waals surface area contributed by atoms with Crippen LogP contribution >= 0.6 is 0 Å². The molecule has 1 spiro atoms. The molecule has 2 aliphatic rings. The van der Waals surface area contributed by atoms with E-state index >= 15 is 0 Å². The fourth-order valence-corrected chi connectivity index (χ4v) is 3.60. The molecule has 0 amide bonds. The predicted molar refractivity (Wildman–Crippen MR) is 63.9 cm³/mol. The van der Waals surface area contributed by atoms with E-state index < -0.39 is 0 Å². The van der Waals surface area contributed by atoms with Crippen LogP contribution in [0.4, 0.5) is 0 Å². The minimum Gasteiger partial charge on any atom is -0.466 e. The van der Waals surface area contributed by atoms with Gasteiger partial charge in [-0.1, -0.05) is 31.9 Å². The minimum absolute atomic E-state index is 0.0289. The third-order valence-corrected chi connectivity index (χ3v) is 4.29. The van der Waals surface area contributed by atoms with E-state index in [-0.39, 0.29) is 17.3 Å². The molecule has 1 saturated carbocycles. The van der Waals surface area contributed by atoms with Crippen molar-refractivity contribution in [2.45, 2.75) is 46.0 Å². The van der Waals surface area contributed by atoms with Gasteiger partial charge >= 0.3 is 5.97 Å². The van der Waals surface area contributed by atoms with E-state index in [9.17, 15) is 4.79 Å². The third-order valence-electron chi connectivity index (χ3n) is 4.29. The van der Waals surface area contributed by atoms with Gasteiger partial charge in [0.15, 0.2) is 0 Å². The zero-order chi connectivity index (χ0) is 11.6. The lowest BCUT2D eigenvalue weighted by Gasteiger charge is -2.40. The fraction of sp³-hybridized carbons (Fsp3) is 0.786. The van der Waals surface area contributed by atoms with Gasteiger partial charge in [-0.05, 0) is 37.5 Å². The summed E-state index contributed by atoms with van der Waals surface area (Å²) < 4.78 is 5.27. The highest BCUT2D eigenvalue weighted by Gasteiger charge is 2.48. The van der Waals surface area contributed by atoms with Crippen LogP contribution in [0, 0.1) is 17.3 Å². The fourth-order valence-electron chi connectivity index (χ4n) is 3.60. The summed E-state index contributed by atoms with van der Waals surface area (Å²) in [5.74, 6) is 0.465. The number of ether oxygens (including phenoxy) is 1. The molecule has 0 radical (unpaired) electrons. The Morgan fingerprint density at radius 3 is 2.75 bits per heavy atom. The summed E-state index contributed by atoms with van der Waals surface area (Å²) in [5, 5.41) is 0. The summed E-state index contributed by atoms with van der Waals surface area (Å²) in [7, 11) is 0. The number of carbonyl (C=O) groups is 1. The lowest BCUT2D eigenvalue weighted by molar-refractivity contribution is -0.155. The van der Waals surface area contributed by atoms with Gasteiger partial charge in [-0.25, -0.2) is 0 Å². The van der Waals surface area contributed by atoms with Crippen LogP contribution in [0.25, 0.3) is 0 Å². The van der Waals surface area contributed by atoms with Crippen LogP contribution < -0.4 is 0 Å². The Balaban J connectivity index is 2.22. The molecule has 0 N–H and O–H groups in total. The van der Waals surface area contributed by atoms with E-state index in [0.29, 0.717) is 12.5 Å². The highest BCUT2D eigenvalue weighted by molar-refractivity contribution is 5.74. The molecule has 2 aliphatic carbocycles. The average Bonchev–Trinajstić information content (AvgIpc) is 2.67. The smallest absolute Gasteiger partial charge is 0.310 e. The van der Waals surface area contributed by atoms with Gasteiger partial charge in [-0.15, -0.1) is 0 Å². The standard InChI is InChI=1S/C14H22O2/c1-3-16-13(15)12-11(2)7-6-10-14(12)8-4-5-9-14/h6-7,11-12H,3-5,8-10H2,1-2H3/t11-,12+/m1/s1. The SMILES string of the molecule is CCOC(=O)[C@@H]1[C@H](C)C=CCC12CCCC2. The lowest BCUT2D eigenvalue weighted by atomic mass is 9.64. The van der Waals surface area contributed by atoms with E-state index in [1.165, 1.54) is 25.7 Å². The first-order valence-corrected chi connectivity index (χ1v) is 6.53. The Hall–Kier alpha value is -0.790. The molecule has 1 fully saturated rings. The van der Waals surface area contributed by atoms with Crippen molar-refractivity contribution < 1.29 is 9.53 Å². The molecule has 2 heteroatoms. The second-order valence-electron chi connectivity index (χ2n) is 5.29. The van der Waals surface area contributed by atoms with Crippen molar-refractivity contribution in [3.63, 3.8) is 0 Å². The molecule has 0 saturated heterocycles. The van der Waals surface area contributed by atoms with E-state index in [2.05, 4.69) is 19.1 Å². The number of carbonyl (C=O) groups excluding carboxylic acids is 1. The quantitative estimate of drug-likeness (QED) is 0.529. The summed E-state index contributed by atoms with van der Waals surface area (Å²) in [4.78, 5) is 12.1. The summed E-state index contributed by atoms with van der Waals surface area (Å²) in [6.07, 6.45) is 10.5.